The first-order valence-electron chi connectivity index (χ1n) is 6.50. The number of carbonyl (C=O) groups is 1. The van der Waals surface area contributed by atoms with Gasteiger partial charge in [-0.25, -0.2) is 0 Å². The van der Waals surface area contributed by atoms with Gasteiger partial charge in [-0.2, -0.15) is 0 Å². The Labute approximate surface area is 106 Å². The van der Waals surface area contributed by atoms with Gasteiger partial charge in [-0.05, 0) is 30.9 Å². The van der Waals surface area contributed by atoms with E-state index in [0.29, 0.717) is 0 Å². The lowest BCUT2D eigenvalue weighted by molar-refractivity contribution is -0.125. The van der Waals surface area contributed by atoms with Gasteiger partial charge in [0.05, 0.1) is 12.1 Å². The van der Waals surface area contributed by atoms with Gasteiger partial charge in [0.1, 0.15) is 6.04 Å². The van der Waals surface area contributed by atoms with Gasteiger partial charge in [-0.1, -0.05) is 18.2 Å². The van der Waals surface area contributed by atoms with Crippen LogP contribution in [0, 0.1) is 0 Å². The first-order chi connectivity index (χ1) is 8.72. The van der Waals surface area contributed by atoms with Gasteiger partial charge < -0.3 is 15.7 Å². The molecular weight excluding hydrogens is 228 g/mol. The molecule has 1 fully saturated rings. The van der Waals surface area contributed by atoms with Crippen LogP contribution in [-0.2, 0) is 11.2 Å². The maximum Gasteiger partial charge on any atom is 0.243 e. The second-order valence-corrected chi connectivity index (χ2v) is 5.34. The second kappa shape index (κ2) is 4.28. The minimum absolute atomic E-state index is 0.0000463. The van der Waals surface area contributed by atoms with Crippen molar-refractivity contribution < 1.29 is 9.90 Å². The maximum atomic E-state index is 12.2. The zero-order valence-corrected chi connectivity index (χ0v) is 10.3. The lowest BCUT2D eigenvalue weighted by Crippen LogP contribution is -2.59. The van der Waals surface area contributed by atoms with Gasteiger partial charge in [-0.15, -0.1) is 0 Å². The normalized spacial score (nSPS) is 23.7. The highest BCUT2D eigenvalue weighted by Crippen LogP contribution is 2.32. The Kier molecular flexibility index (Phi) is 2.74. The van der Waals surface area contributed by atoms with E-state index in [2.05, 4.69) is 10.6 Å². The molecule has 1 atom stereocenters. The van der Waals surface area contributed by atoms with Crippen molar-refractivity contribution >= 4 is 11.6 Å². The van der Waals surface area contributed by atoms with Gasteiger partial charge in [0.2, 0.25) is 5.91 Å². The smallest absolute Gasteiger partial charge is 0.243 e. The summed E-state index contributed by atoms with van der Waals surface area (Å²) < 4.78 is 0. The summed E-state index contributed by atoms with van der Waals surface area (Å²) in [6, 6.07) is 7.79. The maximum absolute atomic E-state index is 12.2. The number of hydrogen-bond donors (Lipinski definition) is 3. The number of anilines is 1. The summed E-state index contributed by atoms with van der Waals surface area (Å²) in [5.41, 5.74) is 1.88. The standard InChI is InChI=1S/C14H18N2O2/c17-9-14(6-3-7-14)16-13(18)12-8-10-4-1-2-5-11(10)15-12/h1-2,4-5,12,15,17H,3,6-9H2,(H,16,18)/t12-/m0/s1. The van der Waals surface area contributed by atoms with Crippen LogP contribution >= 0.6 is 0 Å². The molecule has 1 aliphatic heterocycles. The lowest BCUT2D eigenvalue weighted by atomic mass is 9.77. The third-order valence-corrected chi connectivity index (χ3v) is 4.09. The topological polar surface area (TPSA) is 61.4 Å². The number of aliphatic hydroxyl groups excluding tert-OH is 1. The van der Waals surface area contributed by atoms with Crippen molar-refractivity contribution in [3.8, 4) is 0 Å². The van der Waals surface area contributed by atoms with Crippen LogP contribution in [0.4, 0.5) is 5.69 Å². The van der Waals surface area contributed by atoms with Crippen LogP contribution in [0.15, 0.2) is 24.3 Å². The fourth-order valence-corrected chi connectivity index (χ4v) is 2.73. The first kappa shape index (κ1) is 11.5. The molecule has 0 bridgehead atoms. The van der Waals surface area contributed by atoms with Crippen molar-refractivity contribution in [2.24, 2.45) is 0 Å². The van der Waals surface area contributed by atoms with E-state index in [9.17, 15) is 9.90 Å². The van der Waals surface area contributed by atoms with E-state index in [1.807, 2.05) is 24.3 Å². The molecule has 1 aromatic rings. The summed E-state index contributed by atoms with van der Waals surface area (Å²) in [6.45, 7) is 0.0401. The second-order valence-electron chi connectivity index (χ2n) is 5.34. The van der Waals surface area contributed by atoms with Crippen LogP contribution in [-0.4, -0.2) is 29.2 Å². The minimum Gasteiger partial charge on any atom is -0.394 e. The molecule has 1 heterocycles. The van der Waals surface area contributed by atoms with E-state index in [4.69, 9.17) is 0 Å². The highest BCUT2D eigenvalue weighted by Gasteiger charge is 2.39. The Morgan fingerprint density at radius 3 is 2.83 bits per heavy atom. The molecule has 1 aromatic carbocycles. The number of amides is 1. The molecule has 1 amide bonds. The predicted molar refractivity (Wildman–Crippen MR) is 69.4 cm³/mol. The number of fused-ring (bicyclic) bond motifs is 1. The summed E-state index contributed by atoms with van der Waals surface area (Å²) >= 11 is 0. The third-order valence-electron chi connectivity index (χ3n) is 4.09. The number of nitrogens with one attached hydrogen (secondary N) is 2. The summed E-state index contributed by atoms with van der Waals surface area (Å²) in [6.07, 6.45) is 3.58. The summed E-state index contributed by atoms with van der Waals surface area (Å²) in [7, 11) is 0. The molecule has 3 N–H and O–H groups in total. The van der Waals surface area contributed by atoms with Crippen LogP contribution in [0.25, 0.3) is 0 Å². The molecule has 18 heavy (non-hydrogen) atoms. The van der Waals surface area contributed by atoms with E-state index < -0.39 is 0 Å². The fraction of sp³-hybridized carbons (Fsp3) is 0.500. The van der Waals surface area contributed by atoms with Gasteiger partial charge in [-0.3, -0.25) is 4.79 Å². The van der Waals surface area contributed by atoms with Crippen molar-refractivity contribution in [3.63, 3.8) is 0 Å². The molecule has 4 heteroatoms. The number of benzene rings is 1. The Morgan fingerprint density at radius 2 is 2.22 bits per heavy atom. The van der Waals surface area contributed by atoms with Crippen molar-refractivity contribution in [2.45, 2.75) is 37.3 Å². The van der Waals surface area contributed by atoms with Crippen LogP contribution in [0.1, 0.15) is 24.8 Å². The monoisotopic (exact) mass is 246 g/mol. The van der Waals surface area contributed by atoms with Gasteiger partial charge in [0.15, 0.2) is 0 Å². The molecule has 0 unspecified atom stereocenters. The molecule has 0 aromatic heterocycles. The number of rotatable bonds is 3. The number of aliphatic hydroxyl groups is 1. The van der Waals surface area contributed by atoms with Gasteiger partial charge in [0, 0.05) is 12.1 Å². The first-order valence-corrected chi connectivity index (χ1v) is 6.50. The zero-order chi connectivity index (χ0) is 12.6. The molecule has 1 saturated carbocycles. The molecule has 2 aliphatic rings. The Morgan fingerprint density at radius 1 is 1.44 bits per heavy atom. The quantitative estimate of drug-likeness (QED) is 0.747. The Hall–Kier alpha value is -1.55. The molecule has 1 aliphatic carbocycles. The largest absolute Gasteiger partial charge is 0.394 e. The minimum atomic E-state index is -0.354. The summed E-state index contributed by atoms with van der Waals surface area (Å²) in [5, 5.41) is 15.6. The predicted octanol–water partition coefficient (Wildman–Crippen LogP) is 1.05. The van der Waals surface area contributed by atoms with E-state index in [1.54, 1.807) is 0 Å². The van der Waals surface area contributed by atoms with Gasteiger partial charge in [0.25, 0.3) is 0 Å². The van der Waals surface area contributed by atoms with E-state index in [-0.39, 0.29) is 24.1 Å². The highest BCUT2D eigenvalue weighted by molar-refractivity contribution is 5.88. The summed E-state index contributed by atoms with van der Waals surface area (Å²) in [4.78, 5) is 12.2. The SMILES string of the molecule is O=C(NC1(CO)CCC1)[C@@H]1Cc2ccccc2N1. The van der Waals surface area contributed by atoms with Crippen LogP contribution in [0.3, 0.4) is 0 Å². The molecule has 0 spiro atoms. The summed E-state index contributed by atoms with van der Waals surface area (Å²) in [5.74, 6) is -0.0000463. The Balaban J connectivity index is 1.66. The number of carbonyl (C=O) groups excluding carboxylic acids is 1. The van der Waals surface area contributed by atoms with Crippen LogP contribution in [0.5, 0.6) is 0 Å². The molecule has 3 rings (SSSR count). The lowest BCUT2D eigenvalue weighted by Gasteiger charge is -2.41. The van der Waals surface area contributed by atoms with Crippen molar-refractivity contribution in [1.82, 2.24) is 5.32 Å². The van der Waals surface area contributed by atoms with Crippen molar-refractivity contribution in [2.75, 3.05) is 11.9 Å². The average molecular weight is 246 g/mol. The Bertz CT molecular complexity index is 438. The molecule has 0 radical (unpaired) electrons. The number of hydrogen-bond acceptors (Lipinski definition) is 3. The molecule has 4 nitrogen and oxygen atoms in total. The van der Waals surface area contributed by atoms with Crippen LogP contribution < -0.4 is 10.6 Å². The van der Waals surface area contributed by atoms with E-state index >= 15 is 0 Å². The fourth-order valence-electron chi connectivity index (χ4n) is 2.73. The van der Waals surface area contributed by atoms with Gasteiger partial charge >= 0.3 is 0 Å². The average Bonchev–Trinajstić information content (AvgIpc) is 2.77. The van der Waals surface area contributed by atoms with E-state index in [1.165, 1.54) is 5.56 Å². The third kappa shape index (κ3) is 1.86. The van der Waals surface area contributed by atoms with Crippen molar-refractivity contribution in [1.29, 1.82) is 0 Å². The van der Waals surface area contributed by atoms with Crippen molar-refractivity contribution in [3.05, 3.63) is 29.8 Å². The zero-order valence-electron chi connectivity index (χ0n) is 10.3. The molecule has 96 valence electrons. The number of para-hydroxylation sites is 1. The van der Waals surface area contributed by atoms with Crippen LogP contribution in [0.2, 0.25) is 0 Å². The highest BCUT2D eigenvalue weighted by atomic mass is 16.3. The molecule has 0 saturated heterocycles. The molecular formula is C14H18N2O2. The van der Waals surface area contributed by atoms with E-state index in [0.717, 1.165) is 31.4 Å².